The highest BCUT2D eigenvalue weighted by Crippen LogP contribution is 2.39. The number of pyridine rings is 1. The number of carbonyl (C=O) groups is 1. The summed E-state index contributed by atoms with van der Waals surface area (Å²) in [6.07, 6.45) is 0. The highest BCUT2D eigenvalue weighted by molar-refractivity contribution is 6.40. The first kappa shape index (κ1) is 15.3. The van der Waals surface area contributed by atoms with Gasteiger partial charge in [0.05, 0.1) is 5.69 Å². The van der Waals surface area contributed by atoms with Gasteiger partial charge in [-0.15, -0.1) is 0 Å². The maximum absolute atomic E-state index is 13.7. The van der Waals surface area contributed by atoms with Gasteiger partial charge in [0.15, 0.2) is 6.61 Å². The van der Waals surface area contributed by atoms with Gasteiger partial charge in [0.25, 0.3) is 0 Å². The molecule has 0 aliphatic heterocycles. The van der Waals surface area contributed by atoms with Gasteiger partial charge in [-0.3, -0.25) is 0 Å². The minimum absolute atomic E-state index is 0.0532. The van der Waals surface area contributed by atoms with Crippen LogP contribution in [0.15, 0.2) is 30.3 Å². The lowest BCUT2D eigenvalue weighted by Gasteiger charge is -2.13. The van der Waals surface area contributed by atoms with Crippen LogP contribution in [0, 0.1) is 5.95 Å². The summed E-state index contributed by atoms with van der Waals surface area (Å²) in [5.41, 5.74) is 0.675. The summed E-state index contributed by atoms with van der Waals surface area (Å²) in [4.78, 5) is 13.9. The van der Waals surface area contributed by atoms with Crippen LogP contribution >= 0.6 is 23.2 Å². The first-order valence-electron chi connectivity index (χ1n) is 5.70. The molecule has 0 saturated carbocycles. The van der Waals surface area contributed by atoms with Crippen LogP contribution < -0.4 is 10.1 Å². The molecule has 0 spiro atoms. The Hall–Kier alpha value is -2.05. The number of anilines is 2. The molecule has 5 nitrogen and oxygen atoms in total. The standard InChI is InChI=1S/C13H9Cl2FN2O3/c14-9-11(17-7-4-2-1-3-5-7)10(15)13(18-12(9)16)21-6-8(19)20/h1-5H,6H2,(H,17,18)(H,19,20). The van der Waals surface area contributed by atoms with Gasteiger partial charge in [-0.25, -0.2) is 4.79 Å². The lowest BCUT2D eigenvalue weighted by molar-refractivity contribution is -0.139. The number of hydrogen-bond donors (Lipinski definition) is 2. The highest BCUT2D eigenvalue weighted by atomic mass is 35.5. The number of nitrogens with one attached hydrogen (secondary N) is 1. The van der Waals surface area contributed by atoms with Crippen LogP contribution in [0.25, 0.3) is 0 Å². The summed E-state index contributed by atoms with van der Waals surface area (Å²) in [6.45, 7) is -0.696. The number of para-hydroxylation sites is 1. The van der Waals surface area contributed by atoms with E-state index in [1.165, 1.54) is 0 Å². The van der Waals surface area contributed by atoms with Crippen LogP contribution in [-0.4, -0.2) is 22.7 Å². The maximum atomic E-state index is 13.7. The normalized spacial score (nSPS) is 10.2. The molecule has 0 aliphatic carbocycles. The fourth-order valence-corrected chi connectivity index (χ4v) is 1.97. The van der Waals surface area contributed by atoms with Gasteiger partial charge in [0, 0.05) is 5.69 Å². The molecule has 0 atom stereocenters. The molecular weight excluding hydrogens is 322 g/mol. The van der Waals surface area contributed by atoms with Gasteiger partial charge >= 0.3 is 5.97 Å². The average Bonchev–Trinajstić information content (AvgIpc) is 2.47. The molecular formula is C13H9Cl2FN2O3. The fourth-order valence-electron chi connectivity index (χ4n) is 1.50. The Balaban J connectivity index is 2.37. The van der Waals surface area contributed by atoms with Gasteiger partial charge < -0.3 is 15.2 Å². The predicted octanol–water partition coefficient (Wildman–Crippen LogP) is 3.73. The van der Waals surface area contributed by atoms with Crippen LogP contribution in [0.3, 0.4) is 0 Å². The summed E-state index contributed by atoms with van der Waals surface area (Å²) >= 11 is 11.9. The van der Waals surface area contributed by atoms with E-state index in [0.29, 0.717) is 5.69 Å². The zero-order valence-electron chi connectivity index (χ0n) is 10.4. The topological polar surface area (TPSA) is 71.5 Å². The first-order chi connectivity index (χ1) is 9.99. The third-order valence-electron chi connectivity index (χ3n) is 2.38. The zero-order chi connectivity index (χ0) is 15.4. The Morgan fingerprint density at radius 1 is 1.29 bits per heavy atom. The summed E-state index contributed by atoms with van der Waals surface area (Å²) in [6, 6.07) is 8.79. The Kier molecular flexibility index (Phi) is 4.82. The number of halogens is 3. The molecule has 8 heteroatoms. The van der Waals surface area contributed by atoms with E-state index in [1.54, 1.807) is 24.3 Å². The zero-order valence-corrected chi connectivity index (χ0v) is 12.0. The van der Waals surface area contributed by atoms with Gasteiger partial charge in [0.2, 0.25) is 11.8 Å². The van der Waals surface area contributed by atoms with Crippen LogP contribution in [0.1, 0.15) is 0 Å². The van der Waals surface area contributed by atoms with E-state index in [4.69, 9.17) is 33.0 Å². The van der Waals surface area contributed by atoms with E-state index < -0.39 is 18.5 Å². The predicted molar refractivity (Wildman–Crippen MR) is 77.1 cm³/mol. The van der Waals surface area contributed by atoms with Crippen molar-refractivity contribution in [3.05, 3.63) is 46.3 Å². The minimum atomic E-state index is -1.24. The second-order valence-corrected chi connectivity index (χ2v) is 4.64. The first-order valence-corrected chi connectivity index (χ1v) is 6.45. The third-order valence-corrected chi connectivity index (χ3v) is 3.08. The molecule has 0 fully saturated rings. The Bertz CT molecular complexity index is 668. The van der Waals surface area contributed by atoms with Crippen molar-refractivity contribution in [3.8, 4) is 5.88 Å². The number of nitrogens with zero attached hydrogens (tertiary/aromatic N) is 1. The number of hydrogen-bond acceptors (Lipinski definition) is 4. The maximum Gasteiger partial charge on any atom is 0.341 e. The number of rotatable bonds is 5. The highest BCUT2D eigenvalue weighted by Gasteiger charge is 2.19. The molecule has 21 heavy (non-hydrogen) atoms. The second-order valence-electron chi connectivity index (χ2n) is 3.88. The monoisotopic (exact) mass is 330 g/mol. The van der Waals surface area contributed by atoms with Crippen molar-refractivity contribution in [2.75, 3.05) is 11.9 Å². The summed E-state index contributed by atoms with van der Waals surface area (Å²) in [5, 5.41) is 11.0. The molecule has 2 rings (SSSR count). The van der Waals surface area contributed by atoms with Gasteiger partial charge in [-0.2, -0.15) is 9.37 Å². The number of ether oxygens (including phenoxy) is 1. The molecule has 1 aromatic carbocycles. The summed E-state index contributed by atoms with van der Waals surface area (Å²) < 4.78 is 18.5. The minimum Gasteiger partial charge on any atom is -0.479 e. The fraction of sp³-hybridized carbons (Fsp3) is 0.0769. The van der Waals surface area contributed by atoms with Crippen molar-refractivity contribution >= 4 is 40.5 Å². The van der Waals surface area contributed by atoms with E-state index in [2.05, 4.69) is 10.3 Å². The van der Waals surface area contributed by atoms with Crippen molar-refractivity contribution < 1.29 is 19.0 Å². The van der Waals surface area contributed by atoms with Crippen molar-refractivity contribution in [1.29, 1.82) is 0 Å². The van der Waals surface area contributed by atoms with Crippen LogP contribution in [0.5, 0.6) is 5.88 Å². The molecule has 0 aliphatic rings. The van der Waals surface area contributed by atoms with Gasteiger partial charge in [0.1, 0.15) is 10.0 Å². The number of carboxylic acid groups (broad SMARTS) is 1. The van der Waals surface area contributed by atoms with Gasteiger partial charge in [-0.1, -0.05) is 41.4 Å². The van der Waals surface area contributed by atoms with Crippen molar-refractivity contribution in [1.82, 2.24) is 4.98 Å². The second kappa shape index (κ2) is 6.60. The SMILES string of the molecule is O=C(O)COc1nc(F)c(Cl)c(Nc2ccccc2)c1Cl. The smallest absolute Gasteiger partial charge is 0.341 e. The van der Waals surface area contributed by atoms with Crippen LogP contribution in [-0.2, 0) is 4.79 Å². The lowest BCUT2D eigenvalue weighted by Crippen LogP contribution is -2.11. The average molecular weight is 331 g/mol. The Morgan fingerprint density at radius 2 is 1.95 bits per heavy atom. The lowest BCUT2D eigenvalue weighted by atomic mass is 10.3. The molecule has 2 N–H and O–H groups in total. The van der Waals surface area contributed by atoms with Crippen molar-refractivity contribution in [2.24, 2.45) is 0 Å². The largest absolute Gasteiger partial charge is 0.479 e. The number of aromatic nitrogens is 1. The molecule has 110 valence electrons. The van der Waals surface area contributed by atoms with E-state index in [0.717, 1.165) is 0 Å². The molecule has 0 radical (unpaired) electrons. The van der Waals surface area contributed by atoms with E-state index in [9.17, 15) is 9.18 Å². The summed E-state index contributed by atoms with van der Waals surface area (Å²) in [7, 11) is 0. The third kappa shape index (κ3) is 3.74. The molecule has 0 saturated heterocycles. The number of aliphatic carboxylic acids is 1. The van der Waals surface area contributed by atoms with Gasteiger partial charge in [-0.05, 0) is 12.1 Å². The van der Waals surface area contributed by atoms with E-state index in [-0.39, 0.29) is 21.6 Å². The quantitative estimate of drug-likeness (QED) is 0.817. The van der Waals surface area contributed by atoms with Crippen LogP contribution in [0.4, 0.5) is 15.8 Å². The van der Waals surface area contributed by atoms with E-state index >= 15 is 0 Å². The Morgan fingerprint density at radius 3 is 2.57 bits per heavy atom. The molecule has 0 amide bonds. The Labute approximate surface area is 129 Å². The molecule has 1 aromatic heterocycles. The molecule has 0 unspecified atom stereocenters. The molecule has 0 bridgehead atoms. The van der Waals surface area contributed by atoms with Crippen LogP contribution in [0.2, 0.25) is 10.0 Å². The number of carboxylic acids is 1. The van der Waals surface area contributed by atoms with Crippen molar-refractivity contribution in [2.45, 2.75) is 0 Å². The summed E-state index contributed by atoms with van der Waals surface area (Å²) in [5.74, 6) is -2.60. The van der Waals surface area contributed by atoms with E-state index in [1.807, 2.05) is 6.07 Å². The molecule has 1 heterocycles. The molecule has 2 aromatic rings. The van der Waals surface area contributed by atoms with Crippen molar-refractivity contribution in [3.63, 3.8) is 0 Å². The number of benzene rings is 1.